The molecule has 6 heteroatoms. The molecule has 4 atom stereocenters. The van der Waals surface area contributed by atoms with E-state index in [-0.39, 0.29) is 17.6 Å². The second-order valence-corrected chi connectivity index (χ2v) is 10.2. The summed E-state index contributed by atoms with van der Waals surface area (Å²) in [6, 6.07) is 28.4. The minimum Gasteiger partial charge on any atom is -0.497 e. The zero-order chi connectivity index (χ0) is 26.8. The highest BCUT2D eigenvalue weighted by molar-refractivity contribution is 6.32. The Morgan fingerprint density at radius 3 is 1.59 bits per heavy atom. The van der Waals surface area contributed by atoms with Gasteiger partial charge in [0.15, 0.2) is 0 Å². The molecule has 2 fully saturated rings. The van der Waals surface area contributed by atoms with Gasteiger partial charge < -0.3 is 9.47 Å². The van der Waals surface area contributed by atoms with E-state index >= 15 is 0 Å². The summed E-state index contributed by atoms with van der Waals surface area (Å²) in [5.74, 6) is -2.10. The molecule has 0 N–H and O–H groups in total. The van der Waals surface area contributed by atoms with Crippen molar-refractivity contribution in [1.29, 1.82) is 0 Å². The van der Waals surface area contributed by atoms with Gasteiger partial charge in [0, 0.05) is 5.39 Å². The van der Waals surface area contributed by atoms with Crippen LogP contribution in [0.2, 0.25) is 0 Å². The zero-order valence-corrected chi connectivity index (χ0v) is 21.5. The van der Waals surface area contributed by atoms with Gasteiger partial charge in [-0.15, -0.1) is 0 Å². The van der Waals surface area contributed by atoms with E-state index in [4.69, 9.17) is 9.47 Å². The average Bonchev–Trinajstić information content (AvgIpc) is 3.54. The number of ketones is 1. The predicted octanol–water partition coefficient (Wildman–Crippen LogP) is 5.40. The Hall–Kier alpha value is -4.71. The maximum Gasteiger partial charge on any atom is 0.238 e. The Bertz CT molecular complexity index is 1610. The Kier molecular flexibility index (Phi) is 5.20. The summed E-state index contributed by atoms with van der Waals surface area (Å²) in [5.41, 5.74) is 3.91. The van der Waals surface area contributed by atoms with Crippen molar-refractivity contribution in [3.63, 3.8) is 0 Å². The smallest absolute Gasteiger partial charge is 0.238 e. The zero-order valence-electron chi connectivity index (χ0n) is 21.5. The number of rotatable bonds is 5. The first-order chi connectivity index (χ1) is 19.0. The van der Waals surface area contributed by atoms with E-state index in [0.29, 0.717) is 17.2 Å². The highest BCUT2D eigenvalue weighted by Crippen LogP contribution is 2.62. The van der Waals surface area contributed by atoms with Crippen molar-refractivity contribution >= 4 is 45.2 Å². The Balaban J connectivity index is 1.39. The number of anilines is 1. The minimum absolute atomic E-state index is 0.0547. The molecule has 1 heterocycles. The largest absolute Gasteiger partial charge is 0.497 e. The Morgan fingerprint density at radius 2 is 1.08 bits per heavy atom. The number of hydrogen-bond donors (Lipinski definition) is 0. The van der Waals surface area contributed by atoms with Crippen molar-refractivity contribution in [2.45, 2.75) is 0 Å². The number of carbonyl (C=O) groups excluding carboxylic acids is 3. The van der Waals surface area contributed by atoms with Crippen molar-refractivity contribution < 1.29 is 23.9 Å². The van der Waals surface area contributed by atoms with Crippen molar-refractivity contribution in [2.24, 2.45) is 23.7 Å². The van der Waals surface area contributed by atoms with Crippen LogP contribution in [0.4, 0.5) is 5.69 Å². The summed E-state index contributed by atoms with van der Waals surface area (Å²) in [4.78, 5) is 43.4. The maximum absolute atomic E-state index is 14.1. The van der Waals surface area contributed by atoms with Crippen molar-refractivity contribution in [1.82, 2.24) is 0 Å². The summed E-state index contributed by atoms with van der Waals surface area (Å²) in [6.07, 6.45) is 0. The molecule has 2 bridgehead atoms. The number of Topliss-reactive ketones (excluding diaryl/α,β-unsaturated/α-hetero) is 1. The summed E-state index contributed by atoms with van der Waals surface area (Å²) in [5, 5.41) is 1.78. The lowest BCUT2D eigenvalue weighted by atomic mass is 9.73. The van der Waals surface area contributed by atoms with Gasteiger partial charge in [-0.05, 0) is 58.0 Å². The predicted molar refractivity (Wildman–Crippen MR) is 148 cm³/mol. The average molecular weight is 516 g/mol. The molecule has 4 aromatic rings. The summed E-state index contributed by atoms with van der Waals surface area (Å²) >= 11 is 0. The topological polar surface area (TPSA) is 72.9 Å². The van der Waals surface area contributed by atoms with E-state index in [1.165, 1.54) is 4.90 Å². The monoisotopic (exact) mass is 515 g/mol. The van der Waals surface area contributed by atoms with Crippen molar-refractivity contribution in [2.75, 3.05) is 19.1 Å². The number of carbonyl (C=O) groups is 3. The van der Waals surface area contributed by atoms with Gasteiger partial charge in [-0.25, -0.2) is 4.90 Å². The number of imide groups is 1. The van der Waals surface area contributed by atoms with E-state index in [0.717, 1.165) is 33.0 Å². The van der Waals surface area contributed by atoms with E-state index < -0.39 is 23.7 Å². The molecule has 7 rings (SSSR count). The van der Waals surface area contributed by atoms with Crippen LogP contribution in [0.3, 0.4) is 0 Å². The van der Waals surface area contributed by atoms with Gasteiger partial charge in [0.1, 0.15) is 17.3 Å². The standard InChI is InChI=1S/C33H25NO5/c1-38-21-14-10-19(11-15-21)25-26(20-12-16-22(39-2)17-13-20)28-30-29(27(25)31(28)35)32(36)34(33(30)37)24-9-5-7-18-6-3-4-8-23(18)24/h3-17,27-30H,1-2H3/t27-,28-,29-,30+/m1/s1. The third-order valence-corrected chi connectivity index (χ3v) is 8.45. The van der Waals surface area contributed by atoms with Crippen LogP contribution in [0.5, 0.6) is 11.5 Å². The van der Waals surface area contributed by atoms with Crippen LogP contribution in [0.25, 0.3) is 21.9 Å². The van der Waals surface area contributed by atoms with Crippen LogP contribution in [0.1, 0.15) is 11.1 Å². The molecule has 192 valence electrons. The third-order valence-electron chi connectivity index (χ3n) is 8.45. The van der Waals surface area contributed by atoms with Gasteiger partial charge >= 0.3 is 0 Å². The molecule has 3 aliphatic rings. The normalized spacial score (nSPS) is 23.6. The first kappa shape index (κ1) is 23.4. The highest BCUT2D eigenvalue weighted by Gasteiger charge is 2.68. The molecule has 1 saturated carbocycles. The van der Waals surface area contributed by atoms with Crippen LogP contribution < -0.4 is 14.4 Å². The van der Waals surface area contributed by atoms with Gasteiger partial charge in [-0.2, -0.15) is 0 Å². The van der Waals surface area contributed by atoms with E-state index in [1.807, 2.05) is 91.0 Å². The fraction of sp³-hybridized carbons (Fsp3) is 0.182. The number of amides is 2. The molecular weight excluding hydrogens is 490 g/mol. The molecule has 1 aliphatic heterocycles. The lowest BCUT2D eigenvalue weighted by Gasteiger charge is -2.26. The first-order valence-corrected chi connectivity index (χ1v) is 13.0. The first-order valence-electron chi connectivity index (χ1n) is 13.0. The van der Waals surface area contributed by atoms with Crippen LogP contribution in [0.15, 0.2) is 91.0 Å². The van der Waals surface area contributed by atoms with Gasteiger partial charge in [0.2, 0.25) is 11.8 Å². The second-order valence-electron chi connectivity index (χ2n) is 10.2. The van der Waals surface area contributed by atoms with E-state index in [1.54, 1.807) is 14.2 Å². The number of ether oxygens (including phenoxy) is 2. The molecule has 39 heavy (non-hydrogen) atoms. The van der Waals surface area contributed by atoms with Gasteiger partial charge in [-0.3, -0.25) is 14.4 Å². The van der Waals surface area contributed by atoms with Crippen LogP contribution >= 0.6 is 0 Å². The lowest BCUT2D eigenvalue weighted by molar-refractivity contribution is -0.128. The fourth-order valence-corrected chi connectivity index (χ4v) is 6.79. The fourth-order valence-electron chi connectivity index (χ4n) is 6.79. The molecular formula is C33H25NO5. The molecule has 1 saturated heterocycles. The van der Waals surface area contributed by atoms with Gasteiger partial charge in [0.25, 0.3) is 0 Å². The number of hydrogen-bond acceptors (Lipinski definition) is 5. The quantitative estimate of drug-likeness (QED) is 0.333. The van der Waals surface area contributed by atoms with Crippen LogP contribution in [-0.4, -0.2) is 31.8 Å². The number of fused-ring (bicyclic) bond motifs is 6. The van der Waals surface area contributed by atoms with Crippen LogP contribution in [0, 0.1) is 23.7 Å². The number of allylic oxidation sites excluding steroid dienone is 2. The molecule has 0 spiro atoms. The number of methoxy groups -OCH3 is 2. The summed E-state index contributed by atoms with van der Waals surface area (Å²) in [6.45, 7) is 0. The Morgan fingerprint density at radius 1 is 0.590 bits per heavy atom. The summed E-state index contributed by atoms with van der Waals surface area (Å²) < 4.78 is 10.7. The number of nitrogens with zero attached hydrogens (tertiary/aromatic N) is 1. The third kappa shape index (κ3) is 3.24. The van der Waals surface area contributed by atoms with Crippen molar-refractivity contribution in [3.8, 4) is 11.5 Å². The molecule has 2 amide bonds. The van der Waals surface area contributed by atoms with Gasteiger partial charge in [-0.1, -0.05) is 60.7 Å². The molecule has 4 aromatic carbocycles. The lowest BCUT2D eigenvalue weighted by Crippen LogP contribution is -2.34. The van der Waals surface area contributed by atoms with E-state index in [2.05, 4.69) is 0 Å². The molecule has 2 aliphatic carbocycles. The Labute approximate surface area is 225 Å². The number of benzene rings is 4. The van der Waals surface area contributed by atoms with Gasteiger partial charge in [0.05, 0.1) is 43.6 Å². The van der Waals surface area contributed by atoms with Crippen LogP contribution in [-0.2, 0) is 14.4 Å². The molecule has 6 nitrogen and oxygen atoms in total. The van der Waals surface area contributed by atoms with Crippen molar-refractivity contribution in [3.05, 3.63) is 102 Å². The van der Waals surface area contributed by atoms with E-state index in [9.17, 15) is 14.4 Å². The minimum atomic E-state index is -0.729. The second kappa shape index (κ2) is 8.67. The SMILES string of the molecule is COc1ccc(C2=C(c3ccc(OC)cc3)[C@H]3C(=O)[C@H]2[C@H]2C(=O)N(c4cccc5ccccc45)C(=O)[C@@H]32)cc1. The molecule has 0 radical (unpaired) electrons. The summed E-state index contributed by atoms with van der Waals surface area (Å²) in [7, 11) is 3.21. The molecule has 0 unspecified atom stereocenters. The maximum atomic E-state index is 14.1. The molecule has 0 aromatic heterocycles. The highest BCUT2D eigenvalue weighted by atomic mass is 16.5.